The van der Waals surface area contributed by atoms with Crippen LogP contribution < -0.4 is 10.1 Å². The van der Waals surface area contributed by atoms with Crippen molar-refractivity contribution in [3.8, 4) is 5.75 Å². The molecule has 3 heteroatoms. The number of nitrogens with one attached hydrogen (secondary N) is 1. The molecular formula is C17H27NO2. The minimum absolute atomic E-state index is 0.394. The van der Waals surface area contributed by atoms with Gasteiger partial charge in [0.2, 0.25) is 0 Å². The van der Waals surface area contributed by atoms with Crippen LogP contribution in [0.1, 0.15) is 49.3 Å². The van der Waals surface area contributed by atoms with Crippen molar-refractivity contribution in [2.75, 3.05) is 13.7 Å². The van der Waals surface area contributed by atoms with Crippen molar-refractivity contribution < 1.29 is 9.84 Å². The Morgan fingerprint density at radius 1 is 1.35 bits per heavy atom. The van der Waals surface area contributed by atoms with Crippen LogP contribution in [0.4, 0.5) is 0 Å². The largest absolute Gasteiger partial charge is 0.496 e. The van der Waals surface area contributed by atoms with Crippen molar-refractivity contribution in [3.05, 3.63) is 28.8 Å². The Balaban J connectivity index is 2.26. The van der Waals surface area contributed by atoms with E-state index in [9.17, 15) is 5.11 Å². The normalized spacial score (nSPS) is 22.4. The van der Waals surface area contributed by atoms with Gasteiger partial charge in [0.1, 0.15) is 5.75 Å². The Hall–Kier alpha value is -1.06. The monoisotopic (exact) mass is 277 g/mol. The van der Waals surface area contributed by atoms with Crippen LogP contribution in [-0.2, 0) is 5.60 Å². The fourth-order valence-corrected chi connectivity index (χ4v) is 3.17. The summed E-state index contributed by atoms with van der Waals surface area (Å²) < 4.78 is 5.55. The first-order valence-electron chi connectivity index (χ1n) is 7.56. The van der Waals surface area contributed by atoms with Gasteiger partial charge < -0.3 is 15.2 Å². The van der Waals surface area contributed by atoms with Gasteiger partial charge in [-0.05, 0) is 57.7 Å². The van der Waals surface area contributed by atoms with Gasteiger partial charge in [-0.3, -0.25) is 0 Å². The van der Waals surface area contributed by atoms with Crippen LogP contribution in [0.25, 0.3) is 0 Å². The van der Waals surface area contributed by atoms with Crippen molar-refractivity contribution in [1.82, 2.24) is 5.32 Å². The number of rotatable bonds is 4. The van der Waals surface area contributed by atoms with E-state index >= 15 is 0 Å². The Morgan fingerprint density at radius 2 is 2.10 bits per heavy atom. The molecule has 2 unspecified atom stereocenters. The van der Waals surface area contributed by atoms with Crippen molar-refractivity contribution in [2.45, 2.75) is 58.1 Å². The molecule has 0 spiro atoms. The maximum Gasteiger partial charge on any atom is 0.128 e. The van der Waals surface area contributed by atoms with E-state index in [4.69, 9.17) is 4.74 Å². The molecule has 3 nitrogen and oxygen atoms in total. The van der Waals surface area contributed by atoms with E-state index in [1.165, 1.54) is 18.4 Å². The lowest BCUT2D eigenvalue weighted by Crippen LogP contribution is -2.40. The molecule has 0 radical (unpaired) electrons. The van der Waals surface area contributed by atoms with Crippen molar-refractivity contribution >= 4 is 0 Å². The third kappa shape index (κ3) is 3.15. The van der Waals surface area contributed by atoms with Crippen LogP contribution in [0.15, 0.2) is 12.1 Å². The number of benzene rings is 1. The fraction of sp³-hybridized carbons (Fsp3) is 0.647. The minimum atomic E-state index is -0.862. The number of methoxy groups -OCH3 is 1. The van der Waals surface area contributed by atoms with E-state index < -0.39 is 5.60 Å². The highest BCUT2D eigenvalue weighted by molar-refractivity contribution is 5.47. The van der Waals surface area contributed by atoms with E-state index in [0.717, 1.165) is 36.3 Å². The molecule has 1 heterocycles. The summed E-state index contributed by atoms with van der Waals surface area (Å²) >= 11 is 0. The highest BCUT2D eigenvalue weighted by atomic mass is 16.5. The van der Waals surface area contributed by atoms with E-state index in [-0.39, 0.29) is 0 Å². The van der Waals surface area contributed by atoms with Gasteiger partial charge in [0.05, 0.1) is 12.7 Å². The smallest absolute Gasteiger partial charge is 0.128 e. The zero-order chi connectivity index (χ0) is 14.8. The predicted octanol–water partition coefficient (Wildman–Crippen LogP) is 3.05. The first-order valence-corrected chi connectivity index (χ1v) is 7.56. The van der Waals surface area contributed by atoms with E-state index in [1.54, 1.807) is 7.11 Å². The van der Waals surface area contributed by atoms with Crippen LogP contribution >= 0.6 is 0 Å². The maximum absolute atomic E-state index is 10.9. The second kappa shape index (κ2) is 6.15. The SMILES string of the molecule is COc1c(C(C)(O)CC2CCCCN2)ccc(C)c1C. The van der Waals surface area contributed by atoms with Crippen LogP contribution in [0.3, 0.4) is 0 Å². The lowest BCUT2D eigenvalue weighted by atomic mass is 9.84. The second-order valence-corrected chi connectivity index (χ2v) is 6.21. The average molecular weight is 277 g/mol. The molecule has 112 valence electrons. The molecule has 2 rings (SSSR count). The van der Waals surface area contributed by atoms with E-state index in [2.05, 4.69) is 18.3 Å². The summed E-state index contributed by atoms with van der Waals surface area (Å²) in [7, 11) is 1.68. The topological polar surface area (TPSA) is 41.5 Å². The second-order valence-electron chi connectivity index (χ2n) is 6.21. The highest BCUT2D eigenvalue weighted by Crippen LogP contribution is 2.37. The molecule has 2 N–H and O–H groups in total. The Bertz CT molecular complexity index is 462. The van der Waals surface area contributed by atoms with Gasteiger partial charge in [0.25, 0.3) is 0 Å². The standard InChI is InChI=1S/C17H27NO2/c1-12-8-9-15(16(20-4)13(12)2)17(3,19)11-14-7-5-6-10-18-14/h8-9,14,18-19H,5-7,10-11H2,1-4H3. The lowest BCUT2D eigenvalue weighted by molar-refractivity contribution is 0.0309. The summed E-state index contributed by atoms with van der Waals surface area (Å²) in [6.45, 7) is 7.08. The maximum atomic E-state index is 10.9. The average Bonchev–Trinajstić information content (AvgIpc) is 2.42. The van der Waals surface area contributed by atoms with Crippen molar-refractivity contribution in [2.24, 2.45) is 0 Å². The summed E-state index contributed by atoms with van der Waals surface area (Å²) in [5.74, 6) is 0.825. The number of aryl methyl sites for hydroxylation is 1. The number of hydrogen-bond acceptors (Lipinski definition) is 3. The molecule has 20 heavy (non-hydrogen) atoms. The zero-order valence-corrected chi connectivity index (χ0v) is 13.1. The Kier molecular flexibility index (Phi) is 4.71. The Morgan fingerprint density at radius 3 is 2.70 bits per heavy atom. The quantitative estimate of drug-likeness (QED) is 0.889. The molecule has 1 aromatic carbocycles. The summed E-state index contributed by atoms with van der Waals surface area (Å²) in [6.07, 6.45) is 4.36. The van der Waals surface area contributed by atoms with E-state index in [0.29, 0.717) is 6.04 Å². The molecule has 1 aromatic rings. The number of piperidine rings is 1. The third-order valence-electron chi connectivity index (χ3n) is 4.52. The molecular weight excluding hydrogens is 250 g/mol. The van der Waals surface area contributed by atoms with Crippen LogP contribution in [0.2, 0.25) is 0 Å². The molecule has 0 amide bonds. The molecule has 0 bridgehead atoms. The van der Waals surface area contributed by atoms with Crippen molar-refractivity contribution in [3.63, 3.8) is 0 Å². The molecule has 1 aliphatic rings. The van der Waals surface area contributed by atoms with Gasteiger partial charge in [-0.2, -0.15) is 0 Å². The van der Waals surface area contributed by atoms with Crippen LogP contribution in [-0.4, -0.2) is 24.8 Å². The number of ether oxygens (including phenoxy) is 1. The summed E-state index contributed by atoms with van der Waals surface area (Å²) in [5.41, 5.74) is 2.34. The summed E-state index contributed by atoms with van der Waals surface area (Å²) in [6, 6.07) is 4.46. The van der Waals surface area contributed by atoms with Gasteiger partial charge in [-0.15, -0.1) is 0 Å². The molecule has 1 aliphatic heterocycles. The number of hydrogen-bond donors (Lipinski definition) is 2. The number of aliphatic hydroxyl groups is 1. The van der Waals surface area contributed by atoms with Gasteiger partial charge in [0.15, 0.2) is 0 Å². The highest BCUT2D eigenvalue weighted by Gasteiger charge is 2.31. The van der Waals surface area contributed by atoms with Gasteiger partial charge in [-0.25, -0.2) is 0 Å². The molecule has 1 fully saturated rings. The fourth-order valence-electron chi connectivity index (χ4n) is 3.17. The Labute approximate surface area is 122 Å². The first-order chi connectivity index (χ1) is 9.45. The zero-order valence-electron chi connectivity index (χ0n) is 13.1. The minimum Gasteiger partial charge on any atom is -0.496 e. The first kappa shape index (κ1) is 15.3. The van der Waals surface area contributed by atoms with Crippen LogP contribution in [0, 0.1) is 13.8 Å². The van der Waals surface area contributed by atoms with Gasteiger partial charge in [-0.1, -0.05) is 18.6 Å². The molecule has 1 saturated heterocycles. The summed E-state index contributed by atoms with van der Waals surface area (Å²) in [4.78, 5) is 0. The molecule has 2 atom stereocenters. The third-order valence-corrected chi connectivity index (χ3v) is 4.52. The van der Waals surface area contributed by atoms with Crippen molar-refractivity contribution in [1.29, 1.82) is 0 Å². The van der Waals surface area contributed by atoms with Crippen LogP contribution in [0.5, 0.6) is 5.75 Å². The molecule has 0 aliphatic carbocycles. The van der Waals surface area contributed by atoms with E-state index in [1.807, 2.05) is 19.9 Å². The summed E-state index contributed by atoms with van der Waals surface area (Å²) in [5, 5.41) is 14.5. The predicted molar refractivity (Wildman–Crippen MR) is 82.3 cm³/mol. The van der Waals surface area contributed by atoms with Gasteiger partial charge >= 0.3 is 0 Å². The molecule has 0 aromatic heterocycles. The lowest BCUT2D eigenvalue weighted by Gasteiger charge is -2.33. The molecule has 0 saturated carbocycles. The van der Waals surface area contributed by atoms with Gasteiger partial charge in [0, 0.05) is 11.6 Å².